The zero-order valence-electron chi connectivity index (χ0n) is 14.5. The Kier molecular flexibility index (Phi) is 7.34. The maximum absolute atomic E-state index is 12.6. The van der Waals surface area contributed by atoms with Crippen molar-refractivity contribution in [1.82, 2.24) is 4.72 Å². The van der Waals surface area contributed by atoms with Crippen LogP contribution in [0.4, 0.5) is 11.4 Å². The van der Waals surface area contributed by atoms with Crippen LogP contribution in [0.25, 0.3) is 0 Å². The van der Waals surface area contributed by atoms with Gasteiger partial charge in [0.05, 0.1) is 9.82 Å². The highest BCUT2D eigenvalue weighted by Crippen LogP contribution is 2.18. The Hall–Kier alpha value is -2.43. The molecule has 0 saturated heterocycles. The molecule has 2 aromatic carbocycles. The summed E-state index contributed by atoms with van der Waals surface area (Å²) in [6.45, 7) is 0. The fourth-order valence-electron chi connectivity index (χ4n) is 2.26. The van der Waals surface area contributed by atoms with Crippen LogP contribution < -0.4 is 10.0 Å². The van der Waals surface area contributed by atoms with Crippen LogP contribution in [0.3, 0.4) is 0 Å². The second-order valence-corrected chi connectivity index (χ2v) is 8.26. The number of carbonyl (C=O) groups is 1. The van der Waals surface area contributed by atoms with Crippen molar-refractivity contribution < 1.29 is 18.1 Å². The molecule has 0 spiro atoms. The number of non-ortho nitro benzene ring substituents is 1. The van der Waals surface area contributed by atoms with Gasteiger partial charge in [-0.3, -0.25) is 14.9 Å². The van der Waals surface area contributed by atoms with Gasteiger partial charge in [0.1, 0.15) is 6.04 Å². The van der Waals surface area contributed by atoms with Crippen molar-refractivity contribution in [3.63, 3.8) is 0 Å². The van der Waals surface area contributed by atoms with E-state index in [-0.39, 0.29) is 22.7 Å². The maximum Gasteiger partial charge on any atom is 0.271 e. The zero-order chi connectivity index (χ0) is 19.9. The van der Waals surface area contributed by atoms with E-state index in [2.05, 4.69) is 10.0 Å². The van der Waals surface area contributed by atoms with E-state index >= 15 is 0 Å². The predicted octanol–water partition coefficient (Wildman–Crippen LogP) is 2.63. The van der Waals surface area contributed by atoms with Crippen LogP contribution in [0.2, 0.25) is 0 Å². The molecule has 2 N–H and O–H groups in total. The number of benzene rings is 2. The molecule has 27 heavy (non-hydrogen) atoms. The first-order chi connectivity index (χ1) is 12.8. The molecule has 2 rings (SSSR count). The van der Waals surface area contributed by atoms with E-state index in [1.54, 1.807) is 18.2 Å². The lowest BCUT2D eigenvalue weighted by Gasteiger charge is -2.18. The lowest BCUT2D eigenvalue weighted by molar-refractivity contribution is -0.384. The predicted molar refractivity (Wildman–Crippen MR) is 105 cm³/mol. The first kappa shape index (κ1) is 20.9. The number of nitrogens with one attached hydrogen (secondary N) is 2. The summed E-state index contributed by atoms with van der Waals surface area (Å²) in [5.41, 5.74) is 0.0561. The average Bonchev–Trinajstić information content (AvgIpc) is 2.66. The standard InChI is InChI=1S/C17H19N3O5S2/c1-26-11-10-16(19-27(24,25)15-8-3-2-4-9-15)17(21)18-13-6-5-7-14(12-13)20(22)23/h2-9,12,16,19H,10-11H2,1H3,(H,18,21)/t16-/m1/s1. The molecule has 0 aliphatic rings. The minimum Gasteiger partial charge on any atom is -0.324 e. The second kappa shape index (κ2) is 9.49. The molecule has 0 aliphatic heterocycles. The summed E-state index contributed by atoms with van der Waals surface area (Å²) in [7, 11) is -3.88. The zero-order valence-corrected chi connectivity index (χ0v) is 16.1. The number of sulfonamides is 1. The van der Waals surface area contributed by atoms with Crippen LogP contribution in [0.5, 0.6) is 0 Å². The van der Waals surface area contributed by atoms with Gasteiger partial charge in [-0.15, -0.1) is 0 Å². The Morgan fingerprint density at radius 1 is 1.19 bits per heavy atom. The van der Waals surface area contributed by atoms with Crippen molar-refractivity contribution in [2.75, 3.05) is 17.3 Å². The number of thioether (sulfide) groups is 1. The largest absolute Gasteiger partial charge is 0.324 e. The monoisotopic (exact) mass is 409 g/mol. The third-order valence-electron chi connectivity index (χ3n) is 3.60. The molecule has 0 unspecified atom stereocenters. The third-order valence-corrected chi connectivity index (χ3v) is 5.73. The summed E-state index contributed by atoms with van der Waals surface area (Å²) < 4.78 is 27.5. The van der Waals surface area contributed by atoms with E-state index in [1.807, 2.05) is 6.26 Å². The molecule has 0 bridgehead atoms. The molecular formula is C17H19N3O5S2. The summed E-state index contributed by atoms with van der Waals surface area (Å²) >= 11 is 1.48. The van der Waals surface area contributed by atoms with Gasteiger partial charge in [0.2, 0.25) is 15.9 Å². The van der Waals surface area contributed by atoms with Crippen molar-refractivity contribution in [1.29, 1.82) is 0 Å². The Morgan fingerprint density at radius 2 is 1.89 bits per heavy atom. The number of nitro groups is 1. The molecule has 144 valence electrons. The summed E-state index contributed by atoms with van der Waals surface area (Å²) in [4.78, 5) is 22.9. The van der Waals surface area contributed by atoms with E-state index in [4.69, 9.17) is 0 Å². The minimum absolute atomic E-state index is 0.0577. The summed E-state index contributed by atoms with van der Waals surface area (Å²) in [5.74, 6) is -0.0197. The number of carbonyl (C=O) groups excluding carboxylic acids is 1. The fraction of sp³-hybridized carbons (Fsp3) is 0.235. The van der Waals surface area contributed by atoms with Gasteiger partial charge in [0.25, 0.3) is 5.69 Å². The molecule has 0 aliphatic carbocycles. The molecule has 1 atom stereocenters. The lowest BCUT2D eigenvalue weighted by atomic mass is 10.2. The minimum atomic E-state index is -3.88. The van der Waals surface area contributed by atoms with Gasteiger partial charge in [0, 0.05) is 17.8 Å². The number of hydrogen-bond acceptors (Lipinski definition) is 6. The van der Waals surface area contributed by atoms with Crippen LogP contribution >= 0.6 is 11.8 Å². The Morgan fingerprint density at radius 3 is 2.52 bits per heavy atom. The van der Waals surface area contributed by atoms with Crippen LogP contribution in [0, 0.1) is 10.1 Å². The van der Waals surface area contributed by atoms with E-state index in [0.717, 1.165) is 0 Å². The SMILES string of the molecule is CSCC[C@@H](NS(=O)(=O)c1ccccc1)C(=O)Nc1cccc([N+](=O)[O-])c1. The number of nitro benzene ring substituents is 1. The van der Waals surface area contributed by atoms with Crippen LogP contribution in [0.1, 0.15) is 6.42 Å². The van der Waals surface area contributed by atoms with Crippen LogP contribution in [-0.4, -0.2) is 37.3 Å². The number of anilines is 1. The van der Waals surface area contributed by atoms with E-state index in [0.29, 0.717) is 5.75 Å². The Balaban J connectivity index is 2.18. The van der Waals surface area contributed by atoms with Gasteiger partial charge in [-0.2, -0.15) is 16.5 Å². The van der Waals surface area contributed by atoms with Gasteiger partial charge < -0.3 is 5.32 Å². The fourth-order valence-corrected chi connectivity index (χ4v) is 3.98. The summed E-state index contributed by atoms with van der Waals surface area (Å²) in [6.07, 6.45) is 2.12. The molecule has 0 saturated carbocycles. The molecule has 1 amide bonds. The van der Waals surface area contributed by atoms with Gasteiger partial charge in [0.15, 0.2) is 0 Å². The van der Waals surface area contributed by atoms with Crippen molar-refractivity contribution in [2.24, 2.45) is 0 Å². The van der Waals surface area contributed by atoms with Gasteiger partial charge in [-0.1, -0.05) is 24.3 Å². The first-order valence-corrected chi connectivity index (χ1v) is 10.8. The molecule has 2 aromatic rings. The maximum atomic E-state index is 12.6. The number of nitrogens with zero attached hydrogens (tertiary/aromatic N) is 1. The smallest absolute Gasteiger partial charge is 0.271 e. The average molecular weight is 409 g/mol. The van der Waals surface area contributed by atoms with Crippen molar-refractivity contribution in [3.8, 4) is 0 Å². The highest BCUT2D eigenvalue weighted by Gasteiger charge is 2.25. The first-order valence-electron chi connectivity index (χ1n) is 7.95. The van der Waals surface area contributed by atoms with Gasteiger partial charge in [-0.25, -0.2) is 8.42 Å². The van der Waals surface area contributed by atoms with E-state index < -0.39 is 26.9 Å². The van der Waals surface area contributed by atoms with Crippen molar-refractivity contribution in [2.45, 2.75) is 17.4 Å². The normalized spacial score (nSPS) is 12.3. The van der Waals surface area contributed by atoms with Gasteiger partial charge in [-0.05, 0) is 36.6 Å². The van der Waals surface area contributed by atoms with E-state index in [1.165, 1.54) is 48.2 Å². The molecule has 0 heterocycles. The number of rotatable bonds is 9. The molecular weight excluding hydrogens is 390 g/mol. The van der Waals surface area contributed by atoms with Crippen LogP contribution in [-0.2, 0) is 14.8 Å². The highest BCUT2D eigenvalue weighted by atomic mass is 32.2. The number of hydrogen-bond donors (Lipinski definition) is 2. The van der Waals surface area contributed by atoms with E-state index in [9.17, 15) is 23.3 Å². The Bertz CT molecular complexity index is 904. The Labute approximate surface area is 161 Å². The topological polar surface area (TPSA) is 118 Å². The molecule has 0 aromatic heterocycles. The molecule has 0 fully saturated rings. The molecule has 0 radical (unpaired) electrons. The summed E-state index contributed by atoms with van der Waals surface area (Å²) in [5, 5.41) is 13.4. The highest BCUT2D eigenvalue weighted by molar-refractivity contribution is 7.98. The molecule has 10 heteroatoms. The van der Waals surface area contributed by atoms with Crippen molar-refractivity contribution >= 4 is 39.1 Å². The molecule has 8 nitrogen and oxygen atoms in total. The quantitative estimate of drug-likeness (QED) is 0.485. The van der Waals surface area contributed by atoms with Gasteiger partial charge >= 0.3 is 0 Å². The van der Waals surface area contributed by atoms with Crippen molar-refractivity contribution in [3.05, 3.63) is 64.7 Å². The summed E-state index contributed by atoms with van der Waals surface area (Å²) in [6, 6.07) is 12.2. The van der Waals surface area contributed by atoms with Crippen LogP contribution in [0.15, 0.2) is 59.5 Å². The lowest BCUT2D eigenvalue weighted by Crippen LogP contribution is -2.44. The third kappa shape index (κ3) is 6.05. The second-order valence-electron chi connectivity index (χ2n) is 5.57. The number of amides is 1.